The van der Waals surface area contributed by atoms with E-state index in [1.165, 1.54) is 19.2 Å². The number of nitrogens with one attached hydrogen (secondary N) is 3. The Labute approximate surface area is 270 Å². The van der Waals surface area contributed by atoms with Crippen molar-refractivity contribution in [1.29, 1.82) is 0 Å². The topological polar surface area (TPSA) is 140 Å². The zero-order valence-corrected chi connectivity index (χ0v) is 26.1. The van der Waals surface area contributed by atoms with Gasteiger partial charge in [-0.15, -0.1) is 0 Å². The van der Waals surface area contributed by atoms with Gasteiger partial charge in [0.05, 0.1) is 5.56 Å². The van der Waals surface area contributed by atoms with Crippen molar-refractivity contribution in [2.45, 2.75) is 32.0 Å². The van der Waals surface area contributed by atoms with E-state index in [1.807, 2.05) is 9.80 Å². The van der Waals surface area contributed by atoms with Gasteiger partial charge in [-0.2, -0.15) is 18.2 Å². The molecule has 3 aromatic rings. The molecule has 0 spiro atoms. The summed E-state index contributed by atoms with van der Waals surface area (Å²) in [6.45, 7) is 5.08. The standard InChI is InChI=1S/C32H37F3N8O4/c1-22-25(30(47)43(21-45)27(7-4-20-44)29(46)36-2)5-3-6-26(22)37-14-15-38-28-12-13-39-31(40-28)42-18-16-41(17-19-42)24-10-8-23(9-11-24)32(33,34)35/h3,5-6,8-13,20-21,27,37H,4,7,14-19H2,1-2H3,(H,36,46)(H,38,39,40). The molecule has 0 aliphatic carbocycles. The summed E-state index contributed by atoms with van der Waals surface area (Å²) >= 11 is 0. The van der Waals surface area contributed by atoms with E-state index in [2.05, 4.69) is 25.9 Å². The number of rotatable bonds is 14. The van der Waals surface area contributed by atoms with Crippen molar-refractivity contribution in [2.24, 2.45) is 0 Å². The first-order chi connectivity index (χ1) is 22.6. The average molecular weight is 655 g/mol. The second-order valence-electron chi connectivity index (χ2n) is 10.8. The van der Waals surface area contributed by atoms with Gasteiger partial charge in [-0.25, -0.2) is 4.98 Å². The fraction of sp³-hybridized carbons (Fsp3) is 0.375. The van der Waals surface area contributed by atoms with Gasteiger partial charge in [0.25, 0.3) is 5.91 Å². The van der Waals surface area contributed by atoms with Crippen LogP contribution in [0.15, 0.2) is 54.7 Å². The predicted molar refractivity (Wildman–Crippen MR) is 171 cm³/mol. The van der Waals surface area contributed by atoms with Crippen LogP contribution in [0.2, 0.25) is 0 Å². The largest absolute Gasteiger partial charge is 0.416 e. The molecule has 1 atom stereocenters. The maximum Gasteiger partial charge on any atom is 0.416 e. The van der Waals surface area contributed by atoms with Crippen molar-refractivity contribution < 1.29 is 32.3 Å². The molecule has 0 saturated carbocycles. The van der Waals surface area contributed by atoms with Crippen molar-refractivity contribution in [1.82, 2.24) is 20.2 Å². The quantitative estimate of drug-likeness (QED) is 0.175. The van der Waals surface area contributed by atoms with E-state index in [0.29, 0.717) is 75.0 Å². The summed E-state index contributed by atoms with van der Waals surface area (Å²) in [5.41, 5.74) is 1.56. The summed E-state index contributed by atoms with van der Waals surface area (Å²) in [4.78, 5) is 62.3. The molecule has 0 radical (unpaired) electrons. The molecule has 1 saturated heterocycles. The van der Waals surface area contributed by atoms with Gasteiger partial charge in [0.2, 0.25) is 18.3 Å². The number of carbonyl (C=O) groups is 4. The van der Waals surface area contributed by atoms with E-state index in [0.717, 1.165) is 22.7 Å². The van der Waals surface area contributed by atoms with E-state index in [-0.39, 0.29) is 18.4 Å². The first-order valence-corrected chi connectivity index (χ1v) is 15.1. The van der Waals surface area contributed by atoms with Crippen molar-refractivity contribution in [3.63, 3.8) is 0 Å². The molecule has 1 fully saturated rings. The molecule has 2 heterocycles. The molecule has 12 nitrogen and oxygen atoms in total. The number of nitrogens with zero attached hydrogens (tertiary/aromatic N) is 5. The molecule has 0 bridgehead atoms. The van der Waals surface area contributed by atoms with Crippen LogP contribution in [-0.4, -0.2) is 91.7 Å². The highest BCUT2D eigenvalue weighted by Gasteiger charge is 2.31. The molecule has 1 unspecified atom stereocenters. The summed E-state index contributed by atoms with van der Waals surface area (Å²) in [5, 5.41) is 8.96. The third kappa shape index (κ3) is 8.74. The van der Waals surface area contributed by atoms with Crippen LogP contribution in [0.25, 0.3) is 0 Å². The number of likely N-dealkylation sites (N-methyl/N-ethyl adjacent to an activating group) is 1. The van der Waals surface area contributed by atoms with Crippen LogP contribution < -0.4 is 25.8 Å². The molecule has 4 rings (SSSR count). The highest BCUT2D eigenvalue weighted by molar-refractivity contribution is 6.04. The first-order valence-electron chi connectivity index (χ1n) is 15.1. The van der Waals surface area contributed by atoms with Gasteiger partial charge in [0, 0.05) is 75.9 Å². The lowest BCUT2D eigenvalue weighted by molar-refractivity contribution is -0.137. The highest BCUT2D eigenvalue weighted by Crippen LogP contribution is 2.31. The van der Waals surface area contributed by atoms with Gasteiger partial charge >= 0.3 is 6.18 Å². The molecule has 250 valence electrons. The van der Waals surface area contributed by atoms with Crippen LogP contribution >= 0.6 is 0 Å². The lowest BCUT2D eigenvalue weighted by Gasteiger charge is -2.36. The molecule has 1 aromatic heterocycles. The second-order valence-corrected chi connectivity index (χ2v) is 10.8. The van der Waals surface area contributed by atoms with Gasteiger partial charge in [0.15, 0.2) is 0 Å². The molecule has 47 heavy (non-hydrogen) atoms. The number of aldehydes is 1. The van der Waals surface area contributed by atoms with E-state index in [4.69, 9.17) is 0 Å². The Bertz CT molecular complexity index is 1550. The molecule has 1 aliphatic heterocycles. The normalized spacial score (nSPS) is 13.8. The zero-order chi connectivity index (χ0) is 34.0. The number of carbonyl (C=O) groups excluding carboxylic acids is 4. The minimum absolute atomic E-state index is 0.0135. The Hall–Kier alpha value is -5.21. The number of anilines is 4. The average Bonchev–Trinajstić information content (AvgIpc) is 3.08. The van der Waals surface area contributed by atoms with E-state index >= 15 is 0 Å². The predicted octanol–water partition coefficient (Wildman–Crippen LogP) is 3.35. The van der Waals surface area contributed by atoms with Gasteiger partial charge in [-0.3, -0.25) is 19.3 Å². The summed E-state index contributed by atoms with van der Waals surface area (Å²) in [7, 11) is 1.39. The molecule has 3 amide bonds. The number of hydrogen-bond donors (Lipinski definition) is 3. The number of benzene rings is 2. The number of aromatic nitrogens is 2. The maximum absolute atomic E-state index is 13.3. The zero-order valence-electron chi connectivity index (χ0n) is 26.1. The van der Waals surface area contributed by atoms with Crippen LogP contribution in [0.3, 0.4) is 0 Å². The first kappa shape index (κ1) is 34.7. The van der Waals surface area contributed by atoms with Crippen LogP contribution in [0.5, 0.6) is 0 Å². The molecular formula is C32H37F3N8O4. The van der Waals surface area contributed by atoms with Crippen molar-refractivity contribution in [3.05, 3.63) is 71.4 Å². The third-order valence-electron chi connectivity index (χ3n) is 7.87. The Kier molecular flexibility index (Phi) is 11.7. The summed E-state index contributed by atoms with van der Waals surface area (Å²) < 4.78 is 38.7. The Morgan fingerprint density at radius 3 is 2.30 bits per heavy atom. The van der Waals surface area contributed by atoms with Gasteiger partial charge in [-0.1, -0.05) is 6.07 Å². The van der Waals surface area contributed by atoms with Crippen molar-refractivity contribution >= 4 is 47.7 Å². The Morgan fingerprint density at radius 1 is 0.979 bits per heavy atom. The maximum atomic E-state index is 13.3. The number of hydrogen-bond acceptors (Lipinski definition) is 10. The van der Waals surface area contributed by atoms with Crippen molar-refractivity contribution in [2.75, 3.05) is 66.7 Å². The smallest absolute Gasteiger partial charge is 0.383 e. The Balaban J connectivity index is 1.31. The Morgan fingerprint density at radius 2 is 1.66 bits per heavy atom. The van der Waals surface area contributed by atoms with Gasteiger partial charge in [0.1, 0.15) is 18.1 Å². The van der Waals surface area contributed by atoms with Crippen LogP contribution in [0, 0.1) is 6.92 Å². The van der Waals surface area contributed by atoms with Crippen LogP contribution in [0.4, 0.5) is 36.3 Å². The molecular weight excluding hydrogens is 617 g/mol. The van der Waals surface area contributed by atoms with Crippen LogP contribution in [0.1, 0.15) is 34.3 Å². The number of amides is 3. The number of piperazine rings is 1. The number of imide groups is 1. The SMILES string of the molecule is CNC(=O)C(CCC=O)N(C=O)C(=O)c1cccc(NCCNc2ccnc(N3CCN(c4ccc(C(F)(F)F)cc4)CC3)n2)c1C. The van der Waals surface area contributed by atoms with E-state index < -0.39 is 29.6 Å². The molecule has 3 N–H and O–H groups in total. The number of halogens is 3. The minimum atomic E-state index is -4.37. The van der Waals surface area contributed by atoms with Crippen molar-refractivity contribution in [3.8, 4) is 0 Å². The molecule has 1 aliphatic rings. The second kappa shape index (κ2) is 15.9. The lowest BCUT2D eigenvalue weighted by atomic mass is 10.0. The molecule has 15 heteroatoms. The van der Waals surface area contributed by atoms with E-state index in [9.17, 15) is 32.3 Å². The third-order valence-corrected chi connectivity index (χ3v) is 7.87. The fourth-order valence-electron chi connectivity index (χ4n) is 5.26. The summed E-state index contributed by atoms with van der Waals surface area (Å²) in [6, 6.07) is 10.8. The van der Waals surface area contributed by atoms with Gasteiger partial charge in [-0.05, 0) is 61.4 Å². The van der Waals surface area contributed by atoms with Gasteiger partial charge < -0.3 is 30.5 Å². The minimum Gasteiger partial charge on any atom is -0.383 e. The fourth-order valence-corrected chi connectivity index (χ4v) is 5.26. The van der Waals surface area contributed by atoms with E-state index in [1.54, 1.807) is 37.4 Å². The number of alkyl halides is 3. The molecule has 2 aromatic carbocycles. The highest BCUT2D eigenvalue weighted by atomic mass is 19.4. The summed E-state index contributed by atoms with van der Waals surface area (Å²) in [5.74, 6) is -0.0362. The lowest BCUT2D eigenvalue weighted by Crippen LogP contribution is -2.48. The monoisotopic (exact) mass is 654 g/mol. The summed E-state index contributed by atoms with van der Waals surface area (Å²) in [6.07, 6.45) is -1.75. The van der Waals surface area contributed by atoms with Crippen LogP contribution in [-0.2, 0) is 20.6 Å².